The van der Waals surface area contributed by atoms with Gasteiger partial charge in [0.15, 0.2) is 0 Å². The summed E-state index contributed by atoms with van der Waals surface area (Å²) in [5.74, 6) is 0.613. The summed E-state index contributed by atoms with van der Waals surface area (Å²) in [6, 6.07) is 0. The molecule has 2 fully saturated rings. The van der Waals surface area contributed by atoms with Gasteiger partial charge in [0.05, 0.1) is 3.92 Å². The molecule has 1 aliphatic heterocycles. The first-order valence-corrected chi connectivity index (χ1v) is 6.79. The highest BCUT2D eigenvalue weighted by atomic mass is 127. The van der Waals surface area contributed by atoms with Crippen molar-refractivity contribution < 1.29 is 9.53 Å². The minimum absolute atomic E-state index is 0.00885. The van der Waals surface area contributed by atoms with Gasteiger partial charge in [0, 0.05) is 6.42 Å². The van der Waals surface area contributed by atoms with Crippen molar-refractivity contribution in [2.75, 3.05) is 0 Å². The van der Waals surface area contributed by atoms with E-state index < -0.39 is 0 Å². The Kier molecular flexibility index (Phi) is 3.10. The summed E-state index contributed by atoms with van der Waals surface area (Å²) in [6.45, 7) is 6.14. The lowest BCUT2D eigenvalue weighted by Crippen LogP contribution is -2.43. The first kappa shape index (κ1) is 11.4. The molecule has 0 aromatic rings. The second-order valence-corrected chi connectivity index (χ2v) is 6.33. The summed E-state index contributed by atoms with van der Waals surface area (Å²) in [5.41, 5.74) is 1.14. The quantitative estimate of drug-likeness (QED) is 0.321. The molecular weight excluding hydrogens is 303 g/mol. The van der Waals surface area contributed by atoms with E-state index in [0.29, 0.717) is 16.3 Å². The van der Waals surface area contributed by atoms with Gasteiger partial charge in [-0.15, -0.1) is 0 Å². The van der Waals surface area contributed by atoms with Crippen LogP contribution in [0, 0.1) is 5.92 Å². The lowest BCUT2D eigenvalue weighted by Gasteiger charge is -2.40. The van der Waals surface area contributed by atoms with Crippen LogP contribution in [0.4, 0.5) is 0 Å². The predicted molar refractivity (Wildman–Crippen MR) is 68.0 cm³/mol. The number of allylic oxidation sites excluding steroid dienone is 1. The Morgan fingerprint density at radius 3 is 2.80 bits per heavy atom. The van der Waals surface area contributed by atoms with Crippen molar-refractivity contribution in [3.05, 3.63) is 12.2 Å². The average Bonchev–Trinajstić information content (AvgIpc) is 2.54. The van der Waals surface area contributed by atoms with E-state index in [0.717, 1.165) is 25.7 Å². The predicted octanol–water partition coefficient (Wildman–Crippen LogP) is 3.24. The largest absolute Gasteiger partial charge is 0.458 e. The summed E-state index contributed by atoms with van der Waals surface area (Å²) in [5, 5.41) is 0. The van der Waals surface area contributed by atoms with Gasteiger partial charge in [-0.2, -0.15) is 0 Å². The van der Waals surface area contributed by atoms with Gasteiger partial charge in [-0.25, -0.2) is 0 Å². The normalized spacial score (nSPS) is 40.5. The van der Waals surface area contributed by atoms with Crippen molar-refractivity contribution >= 4 is 28.6 Å². The van der Waals surface area contributed by atoms with E-state index >= 15 is 0 Å². The standard InChI is InChI=1S/C12H17IO2/c1-8(2)9-3-5-12(10(13)7-9)6-4-11(14)15-12/h9-10H,1,3-7H2,2H3/t9-,10+,12?/m0/s1. The van der Waals surface area contributed by atoms with Crippen molar-refractivity contribution in [1.29, 1.82) is 0 Å². The molecule has 0 aromatic carbocycles. The first-order chi connectivity index (χ1) is 7.03. The summed E-state index contributed by atoms with van der Waals surface area (Å²) in [6.07, 6.45) is 4.79. The highest BCUT2D eigenvalue weighted by Crippen LogP contribution is 2.46. The van der Waals surface area contributed by atoms with E-state index in [2.05, 4.69) is 36.1 Å². The van der Waals surface area contributed by atoms with Gasteiger partial charge in [-0.1, -0.05) is 34.7 Å². The van der Waals surface area contributed by atoms with Gasteiger partial charge >= 0.3 is 5.97 Å². The second kappa shape index (κ2) is 4.07. The number of rotatable bonds is 1. The Labute approximate surface area is 105 Å². The fourth-order valence-electron chi connectivity index (χ4n) is 2.64. The number of ether oxygens (including phenoxy) is 1. The summed E-state index contributed by atoms with van der Waals surface area (Å²) < 4.78 is 6.01. The fraction of sp³-hybridized carbons (Fsp3) is 0.750. The van der Waals surface area contributed by atoms with E-state index in [-0.39, 0.29) is 11.6 Å². The number of hydrogen-bond donors (Lipinski definition) is 0. The van der Waals surface area contributed by atoms with Crippen molar-refractivity contribution in [1.82, 2.24) is 0 Å². The van der Waals surface area contributed by atoms with Crippen molar-refractivity contribution in [3.8, 4) is 0 Å². The van der Waals surface area contributed by atoms with Gasteiger partial charge in [0.1, 0.15) is 5.60 Å². The zero-order chi connectivity index (χ0) is 11.1. The van der Waals surface area contributed by atoms with Crippen molar-refractivity contribution in [2.24, 2.45) is 5.92 Å². The molecule has 84 valence electrons. The summed E-state index contributed by atoms with van der Waals surface area (Å²) in [7, 11) is 0. The fourth-order valence-corrected chi connectivity index (χ4v) is 4.01. The van der Waals surface area contributed by atoms with Crippen molar-refractivity contribution in [3.63, 3.8) is 0 Å². The van der Waals surface area contributed by atoms with E-state index in [1.807, 2.05) is 0 Å². The maximum absolute atomic E-state index is 11.2. The van der Waals surface area contributed by atoms with Crippen LogP contribution >= 0.6 is 22.6 Å². The molecule has 1 unspecified atom stereocenters. The molecule has 2 aliphatic rings. The molecule has 0 amide bonds. The molecule has 1 aliphatic carbocycles. The van der Waals surface area contributed by atoms with Crippen LogP contribution in [0.1, 0.15) is 39.0 Å². The molecule has 2 nitrogen and oxygen atoms in total. The molecule has 3 atom stereocenters. The third-order valence-corrected chi connectivity index (χ3v) is 5.39. The Bertz CT molecular complexity index is 300. The number of carbonyl (C=O) groups is 1. The molecule has 0 aromatic heterocycles. The average molecular weight is 320 g/mol. The molecule has 15 heavy (non-hydrogen) atoms. The van der Waals surface area contributed by atoms with E-state index in [1.165, 1.54) is 5.57 Å². The van der Waals surface area contributed by atoms with Crippen LogP contribution in [0.15, 0.2) is 12.2 Å². The SMILES string of the molecule is C=C(C)[C@H]1CCC2(CCC(=O)O2)[C@H](I)C1. The molecule has 0 radical (unpaired) electrons. The Morgan fingerprint density at radius 1 is 1.60 bits per heavy atom. The number of esters is 1. The summed E-state index contributed by atoms with van der Waals surface area (Å²) in [4.78, 5) is 11.2. The first-order valence-electron chi connectivity index (χ1n) is 5.55. The van der Waals surface area contributed by atoms with Crippen LogP contribution in [0.2, 0.25) is 0 Å². The van der Waals surface area contributed by atoms with Gasteiger partial charge < -0.3 is 4.74 Å². The third-order valence-electron chi connectivity index (χ3n) is 3.74. The third kappa shape index (κ3) is 2.08. The molecule has 1 saturated carbocycles. The maximum Gasteiger partial charge on any atom is 0.306 e. The highest BCUT2D eigenvalue weighted by Gasteiger charge is 2.48. The monoisotopic (exact) mass is 320 g/mol. The minimum Gasteiger partial charge on any atom is -0.458 e. The Balaban J connectivity index is 2.07. The molecule has 1 heterocycles. The zero-order valence-corrected chi connectivity index (χ0v) is 11.2. The van der Waals surface area contributed by atoms with Gasteiger partial charge in [-0.05, 0) is 38.5 Å². The number of hydrogen-bond acceptors (Lipinski definition) is 2. The Hall–Kier alpha value is -0.0600. The molecule has 0 bridgehead atoms. The topological polar surface area (TPSA) is 26.3 Å². The summed E-state index contributed by atoms with van der Waals surface area (Å²) >= 11 is 2.45. The molecule has 2 rings (SSSR count). The van der Waals surface area contributed by atoms with Crippen LogP contribution in [-0.2, 0) is 9.53 Å². The minimum atomic E-state index is -0.135. The molecule has 0 N–H and O–H groups in total. The van der Waals surface area contributed by atoms with Crippen LogP contribution in [0.5, 0.6) is 0 Å². The van der Waals surface area contributed by atoms with Crippen LogP contribution in [-0.4, -0.2) is 15.5 Å². The van der Waals surface area contributed by atoms with E-state index in [9.17, 15) is 4.79 Å². The van der Waals surface area contributed by atoms with Crippen LogP contribution < -0.4 is 0 Å². The van der Waals surface area contributed by atoms with Gasteiger partial charge in [-0.3, -0.25) is 4.79 Å². The van der Waals surface area contributed by atoms with E-state index in [4.69, 9.17) is 4.74 Å². The second-order valence-electron chi connectivity index (χ2n) is 4.82. The lowest BCUT2D eigenvalue weighted by atomic mass is 9.75. The maximum atomic E-state index is 11.2. The zero-order valence-electron chi connectivity index (χ0n) is 9.09. The molecule has 1 saturated heterocycles. The van der Waals surface area contributed by atoms with Gasteiger partial charge in [0.25, 0.3) is 0 Å². The van der Waals surface area contributed by atoms with Crippen molar-refractivity contribution in [2.45, 2.75) is 48.6 Å². The number of alkyl halides is 1. The number of halogens is 1. The molecule has 1 spiro atoms. The Morgan fingerprint density at radius 2 is 2.33 bits per heavy atom. The highest BCUT2D eigenvalue weighted by molar-refractivity contribution is 14.1. The van der Waals surface area contributed by atoms with E-state index in [1.54, 1.807) is 0 Å². The lowest BCUT2D eigenvalue weighted by molar-refractivity contribution is -0.150. The van der Waals surface area contributed by atoms with Crippen LogP contribution in [0.3, 0.4) is 0 Å². The molecular formula is C12H17IO2. The number of carbonyl (C=O) groups excluding carboxylic acids is 1. The molecule has 3 heteroatoms. The smallest absolute Gasteiger partial charge is 0.306 e. The van der Waals surface area contributed by atoms with Crippen LogP contribution in [0.25, 0.3) is 0 Å². The van der Waals surface area contributed by atoms with Gasteiger partial charge in [0.2, 0.25) is 0 Å².